The largest absolute Gasteiger partial charge is 0.462 e. The maximum Gasteiger partial charge on any atom is 0.326 e. The number of hydrogen-bond donors (Lipinski definition) is 0. The molecule has 102 valence electrons. The summed E-state index contributed by atoms with van der Waals surface area (Å²) < 4.78 is 12.1. The molecule has 0 saturated carbocycles. The van der Waals surface area contributed by atoms with Gasteiger partial charge in [0.15, 0.2) is 0 Å². The van der Waals surface area contributed by atoms with Crippen molar-refractivity contribution in [3.05, 3.63) is 36.0 Å². The standard InChI is InChI=1S/C15H19NO3/c1-3-18-8-9-19-15(17)11-16-7-6-13-10-12(2)4-5-14(13)16/h4-7,10H,3,8-9,11H2,1-2H3. The molecule has 0 radical (unpaired) electrons. The Balaban J connectivity index is 1.95. The SMILES string of the molecule is CCOCCOC(=O)Cn1ccc2cc(C)ccc21. The number of benzene rings is 1. The summed E-state index contributed by atoms with van der Waals surface area (Å²) in [7, 11) is 0. The normalized spacial score (nSPS) is 10.8. The lowest BCUT2D eigenvalue weighted by molar-refractivity contribution is -0.145. The fraction of sp³-hybridized carbons (Fsp3) is 0.400. The van der Waals surface area contributed by atoms with Crippen LogP contribution in [0.15, 0.2) is 30.5 Å². The molecule has 0 aliphatic carbocycles. The average molecular weight is 261 g/mol. The smallest absolute Gasteiger partial charge is 0.326 e. The van der Waals surface area contributed by atoms with Crippen LogP contribution < -0.4 is 0 Å². The van der Waals surface area contributed by atoms with Gasteiger partial charge in [-0.2, -0.15) is 0 Å². The van der Waals surface area contributed by atoms with Gasteiger partial charge in [0.25, 0.3) is 0 Å². The first-order valence-corrected chi connectivity index (χ1v) is 6.49. The van der Waals surface area contributed by atoms with E-state index in [9.17, 15) is 4.79 Å². The highest BCUT2D eigenvalue weighted by atomic mass is 16.6. The van der Waals surface area contributed by atoms with Crippen LogP contribution in [-0.4, -0.2) is 30.4 Å². The minimum absolute atomic E-state index is 0.235. The number of carbonyl (C=O) groups is 1. The molecule has 4 nitrogen and oxygen atoms in total. The lowest BCUT2D eigenvalue weighted by Gasteiger charge is -2.07. The molecule has 0 N–H and O–H groups in total. The summed E-state index contributed by atoms with van der Waals surface area (Å²) >= 11 is 0. The van der Waals surface area contributed by atoms with Gasteiger partial charge in [-0.25, -0.2) is 0 Å². The topological polar surface area (TPSA) is 40.5 Å². The third-order valence-electron chi connectivity index (χ3n) is 2.92. The van der Waals surface area contributed by atoms with Gasteiger partial charge in [-0.3, -0.25) is 4.79 Å². The van der Waals surface area contributed by atoms with Gasteiger partial charge in [0.05, 0.1) is 6.61 Å². The van der Waals surface area contributed by atoms with Crippen molar-refractivity contribution >= 4 is 16.9 Å². The molecule has 2 aromatic rings. The van der Waals surface area contributed by atoms with Crippen LogP contribution in [0.4, 0.5) is 0 Å². The zero-order valence-electron chi connectivity index (χ0n) is 11.4. The van der Waals surface area contributed by atoms with E-state index in [-0.39, 0.29) is 12.5 Å². The summed E-state index contributed by atoms with van der Waals surface area (Å²) in [6, 6.07) is 8.18. The van der Waals surface area contributed by atoms with E-state index in [1.54, 1.807) is 0 Å². The van der Waals surface area contributed by atoms with Crippen molar-refractivity contribution in [3.8, 4) is 0 Å². The average Bonchev–Trinajstić information content (AvgIpc) is 2.77. The summed E-state index contributed by atoms with van der Waals surface area (Å²) in [4.78, 5) is 11.7. The van der Waals surface area contributed by atoms with Crippen LogP contribution in [0, 0.1) is 6.92 Å². The molecule has 0 saturated heterocycles. The molecule has 4 heteroatoms. The Morgan fingerprint density at radius 3 is 2.89 bits per heavy atom. The van der Waals surface area contributed by atoms with E-state index >= 15 is 0 Å². The molecule has 0 unspecified atom stereocenters. The summed E-state index contributed by atoms with van der Waals surface area (Å²) in [5.74, 6) is -0.238. The van der Waals surface area contributed by atoms with Crippen LogP contribution >= 0.6 is 0 Å². The van der Waals surface area contributed by atoms with Gasteiger partial charge >= 0.3 is 5.97 Å². The van der Waals surface area contributed by atoms with Crippen molar-refractivity contribution in [2.45, 2.75) is 20.4 Å². The van der Waals surface area contributed by atoms with Gasteiger partial charge in [-0.15, -0.1) is 0 Å². The van der Waals surface area contributed by atoms with Crippen molar-refractivity contribution in [1.29, 1.82) is 0 Å². The van der Waals surface area contributed by atoms with Crippen molar-refractivity contribution in [1.82, 2.24) is 4.57 Å². The first-order valence-electron chi connectivity index (χ1n) is 6.49. The number of carbonyl (C=O) groups excluding carboxylic acids is 1. The number of aromatic nitrogens is 1. The van der Waals surface area contributed by atoms with Crippen molar-refractivity contribution < 1.29 is 14.3 Å². The lowest BCUT2D eigenvalue weighted by atomic mass is 10.2. The quantitative estimate of drug-likeness (QED) is 0.592. The van der Waals surface area contributed by atoms with E-state index in [0.717, 1.165) is 10.9 Å². The van der Waals surface area contributed by atoms with Crippen molar-refractivity contribution in [3.63, 3.8) is 0 Å². The number of fused-ring (bicyclic) bond motifs is 1. The third kappa shape index (κ3) is 3.58. The minimum atomic E-state index is -0.238. The molecule has 0 aliphatic rings. The summed E-state index contributed by atoms with van der Waals surface area (Å²) in [6.07, 6.45) is 1.91. The molecule has 0 amide bonds. The predicted molar refractivity (Wildman–Crippen MR) is 74.1 cm³/mol. The zero-order valence-corrected chi connectivity index (χ0v) is 11.4. The number of rotatable bonds is 6. The Morgan fingerprint density at radius 2 is 2.11 bits per heavy atom. The molecule has 2 rings (SSSR count). The number of nitrogens with zero attached hydrogens (tertiary/aromatic N) is 1. The van der Waals surface area contributed by atoms with Crippen LogP contribution in [0.25, 0.3) is 10.9 Å². The lowest BCUT2D eigenvalue weighted by Crippen LogP contribution is -2.15. The van der Waals surface area contributed by atoms with Crippen molar-refractivity contribution in [2.75, 3.05) is 19.8 Å². The molecular formula is C15H19NO3. The van der Waals surface area contributed by atoms with Crippen LogP contribution in [0.3, 0.4) is 0 Å². The Morgan fingerprint density at radius 1 is 1.26 bits per heavy atom. The van der Waals surface area contributed by atoms with Gasteiger partial charge in [0.1, 0.15) is 13.2 Å². The second-order valence-electron chi connectivity index (χ2n) is 4.42. The monoisotopic (exact) mass is 261 g/mol. The van der Waals surface area contributed by atoms with Gasteiger partial charge < -0.3 is 14.0 Å². The third-order valence-corrected chi connectivity index (χ3v) is 2.92. The highest BCUT2D eigenvalue weighted by molar-refractivity contribution is 5.82. The number of esters is 1. The molecule has 0 spiro atoms. The van der Waals surface area contributed by atoms with E-state index in [1.165, 1.54) is 5.56 Å². The molecule has 19 heavy (non-hydrogen) atoms. The predicted octanol–water partition coefficient (Wildman–Crippen LogP) is 2.53. The minimum Gasteiger partial charge on any atom is -0.462 e. The fourth-order valence-corrected chi connectivity index (χ4v) is 2.00. The second kappa shape index (κ2) is 6.38. The highest BCUT2D eigenvalue weighted by Crippen LogP contribution is 2.17. The van der Waals surface area contributed by atoms with Crippen LogP contribution in [0.5, 0.6) is 0 Å². The molecule has 1 heterocycles. The van der Waals surface area contributed by atoms with Gasteiger partial charge in [0, 0.05) is 18.3 Å². The van der Waals surface area contributed by atoms with E-state index in [2.05, 4.69) is 13.0 Å². The summed E-state index contributed by atoms with van der Waals surface area (Å²) in [6.45, 7) is 5.60. The Hall–Kier alpha value is -1.81. The first-order chi connectivity index (χ1) is 9.20. The van der Waals surface area contributed by atoms with Crippen molar-refractivity contribution in [2.24, 2.45) is 0 Å². The van der Waals surface area contributed by atoms with Gasteiger partial charge in [-0.05, 0) is 37.4 Å². The van der Waals surface area contributed by atoms with Gasteiger partial charge in [0.2, 0.25) is 0 Å². The van der Waals surface area contributed by atoms with E-state index in [1.807, 2.05) is 35.9 Å². The number of aryl methyl sites for hydroxylation is 1. The maximum absolute atomic E-state index is 11.7. The number of hydrogen-bond acceptors (Lipinski definition) is 3. The molecule has 0 fully saturated rings. The van der Waals surface area contributed by atoms with E-state index in [0.29, 0.717) is 19.8 Å². The maximum atomic E-state index is 11.7. The van der Waals surface area contributed by atoms with E-state index in [4.69, 9.17) is 9.47 Å². The Bertz CT molecular complexity index is 560. The molecule has 0 bridgehead atoms. The Kier molecular flexibility index (Phi) is 4.58. The van der Waals surface area contributed by atoms with E-state index < -0.39 is 0 Å². The zero-order chi connectivity index (χ0) is 13.7. The van der Waals surface area contributed by atoms with Crippen LogP contribution in [-0.2, 0) is 20.8 Å². The molecule has 0 aliphatic heterocycles. The second-order valence-corrected chi connectivity index (χ2v) is 4.42. The highest BCUT2D eigenvalue weighted by Gasteiger charge is 2.07. The van der Waals surface area contributed by atoms with Gasteiger partial charge in [-0.1, -0.05) is 11.6 Å². The number of ether oxygens (including phenoxy) is 2. The molecule has 0 atom stereocenters. The van der Waals surface area contributed by atoms with Crippen LogP contribution in [0.2, 0.25) is 0 Å². The molecular weight excluding hydrogens is 242 g/mol. The Labute approximate surface area is 112 Å². The summed E-state index contributed by atoms with van der Waals surface area (Å²) in [5.41, 5.74) is 2.26. The fourth-order valence-electron chi connectivity index (χ4n) is 2.00. The first kappa shape index (κ1) is 13.6. The van der Waals surface area contributed by atoms with Crippen LogP contribution in [0.1, 0.15) is 12.5 Å². The molecule has 1 aromatic heterocycles. The summed E-state index contributed by atoms with van der Waals surface area (Å²) in [5, 5.41) is 1.14. The molecule has 1 aromatic carbocycles.